The number of aromatic amines is 1. The lowest BCUT2D eigenvalue weighted by atomic mass is 10.3. The van der Waals surface area contributed by atoms with Crippen LogP contribution in [0.25, 0.3) is 11.0 Å². The molecule has 1 saturated heterocycles. The van der Waals surface area contributed by atoms with Crippen LogP contribution in [-0.2, 0) is 11.3 Å². The van der Waals surface area contributed by atoms with Gasteiger partial charge < -0.3 is 24.7 Å². The van der Waals surface area contributed by atoms with Crippen LogP contribution in [0.3, 0.4) is 0 Å². The maximum Gasteiger partial charge on any atom is 0.322 e. The van der Waals surface area contributed by atoms with Crippen molar-refractivity contribution in [2.45, 2.75) is 18.9 Å². The summed E-state index contributed by atoms with van der Waals surface area (Å²) in [5, 5.41) is 2.76. The van der Waals surface area contributed by atoms with Crippen molar-refractivity contribution in [2.75, 3.05) is 25.5 Å². The topological polar surface area (TPSA) is 79.5 Å². The number of aromatic nitrogens is 2. The summed E-state index contributed by atoms with van der Waals surface area (Å²) in [6.07, 6.45) is -1.93. The summed E-state index contributed by atoms with van der Waals surface area (Å²) in [5.74, 6) is 1.33. The molecular weight excluding hydrogens is 363 g/mol. The maximum atomic E-state index is 14.3. The first kappa shape index (κ1) is 18.2. The second-order valence-electron chi connectivity index (χ2n) is 6.63. The Bertz CT molecular complexity index is 926. The SMILES string of the molecule is COc1ccc(NC(=O)N2CC(F)C(OCc3nc4ccccc4[nH]3)C2)cc1. The number of anilines is 1. The highest BCUT2D eigenvalue weighted by Gasteiger charge is 2.36. The third-order valence-corrected chi connectivity index (χ3v) is 4.70. The number of fused-ring (bicyclic) bond motifs is 1. The normalized spacial score (nSPS) is 19.1. The van der Waals surface area contributed by atoms with Gasteiger partial charge in [0.15, 0.2) is 0 Å². The molecule has 8 heteroatoms. The molecule has 0 saturated carbocycles. The average molecular weight is 384 g/mol. The molecule has 2 atom stereocenters. The van der Waals surface area contributed by atoms with E-state index in [1.807, 2.05) is 24.3 Å². The van der Waals surface area contributed by atoms with Crippen molar-refractivity contribution in [3.63, 3.8) is 0 Å². The summed E-state index contributed by atoms with van der Waals surface area (Å²) < 4.78 is 25.1. The van der Waals surface area contributed by atoms with Gasteiger partial charge in [0.05, 0.1) is 31.2 Å². The molecule has 1 aliphatic heterocycles. The summed E-state index contributed by atoms with van der Waals surface area (Å²) in [6.45, 7) is 0.337. The van der Waals surface area contributed by atoms with Crippen LogP contribution in [0.1, 0.15) is 5.82 Å². The number of carbonyl (C=O) groups excluding carboxylic acids is 1. The summed E-state index contributed by atoms with van der Waals surface area (Å²) in [4.78, 5) is 21.4. The number of hydrogen-bond acceptors (Lipinski definition) is 4. The number of alkyl halides is 1. The fraction of sp³-hybridized carbons (Fsp3) is 0.300. The monoisotopic (exact) mass is 384 g/mol. The second kappa shape index (κ2) is 7.85. The van der Waals surface area contributed by atoms with Crippen molar-refractivity contribution in [1.82, 2.24) is 14.9 Å². The van der Waals surface area contributed by atoms with Crippen LogP contribution in [-0.4, -0.2) is 53.4 Å². The molecule has 4 rings (SSSR count). The van der Waals surface area contributed by atoms with E-state index in [2.05, 4.69) is 15.3 Å². The minimum Gasteiger partial charge on any atom is -0.497 e. The number of H-pyrrole nitrogens is 1. The highest BCUT2D eigenvalue weighted by atomic mass is 19.1. The minimum atomic E-state index is -1.24. The number of methoxy groups -OCH3 is 1. The van der Waals surface area contributed by atoms with E-state index in [4.69, 9.17) is 9.47 Å². The van der Waals surface area contributed by atoms with Crippen LogP contribution < -0.4 is 10.1 Å². The van der Waals surface area contributed by atoms with Gasteiger partial charge in [-0.25, -0.2) is 14.2 Å². The lowest BCUT2D eigenvalue weighted by Gasteiger charge is -2.17. The lowest BCUT2D eigenvalue weighted by Crippen LogP contribution is -2.34. The fourth-order valence-corrected chi connectivity index (χ4v) is 3.19. The molecule has 28 heavy (non-hydrogen) atoms. The number of urea groups is 1. The maximum absolute atomic E-state index is 14.3. The highest BCUT2D eigenvalue weighted by Crippen LogP contribution is 2.21. The first-order chi connectivity index (χ1) is 13.6. The summed E-state index contributed by atoms with van der Waals surface area (Å²) >= 11 is 0. The zero-order chi connectivity index (χ0) is 19.5. The van der Waals surface area contributed by atoms with Crippen molar-refractivity contribution >= 4 is 22.8 Å². The molecule has 1 aliphatic rings. The van der Waals surface area contributed by atoms with E-state index in [0.29, 0.717) is 17.3 Å². The van der Waals surface area contributed by atoms with E-state index in [1.54, 1.807) is 31.4 Å². The van der Waals surface area contributed by atoms with Gasteiger partial charge in [0.1, 0.15) is 30.5 Å². The molecule has 2 aromatic carbocycles. The molecule has 0 aliphatic carbocycles. The molecule has 0 radical (unpaired) electrons. The van der Waals surface area contributed by atoms with Crippen LogP contribution >= 0.6 is 0 Å². The number of imidazole rings is 1. The zero-order valence-corrected chi connectivity index (χ0v) is 15.4. The Balaban J connectivity index is 1.32. The van der Waals surface area contributed by atoms with Crippen LogP contribution in [0.4, 0.5) is 14.9 Å². The van der Waals surface area contributed by atoms with E-state index in [0.717, 1.165) is 11.0 Å². The van der Waals surface area contributed by atoms with Crippen LogP contribution in [0.2, 0.25) is 0 Å². The lowest BCUT2D eigenvalue weighted by molar-refractivity contribution is 0.00961. The Morgan fingerprint density at radius 2 is 2.04 bits per heavy atom. The number of amides is 2. The molecule has 0 bridgehead atoms. The molecule has 3 aromatic rings. The molecule has 7 nitrogen and oxygen atoms in total. The Labute approximate surface area is 161 Å². The predicted molar refractivity (Wildman–Crippen MR) is 103 cm³/mol. The van der Waals surface area contributed by atoms with Gasteiger partial charge in [-0.05, 0) is 36.4 Å². The Morgan fingerprint density at radius 3 is 2.79 bits per heavy atom. The number of ether oxygens (including phenoxy) is 2. The number of halogens is 1. The van der Waals surface area contributed by atoms with E-state index in [9.17, 15) is 9.18 Å². The quantitative estimate of drug-likeness (QED) is 0.707. The first-order valence-electron chi connectivity index (χ1n) is 9.01. The van der Waals surface area contributed by atoms with Crippen molar-refractivity contribution in [1.29, 1.82) is 0 Å². The third-order valence-electron chi connectivity index (χ3n) is 4.70. The predicted octanol–water partition coefficient (Wildman–Crippen LogP) is 3.34. The average Bonchev–Trinajstić information content (AvgIpc) is 3.30. The van der Waals surface area contributed by atoms with Crippen molar-refractivity contribution in [3.8, 4) is 5.75 Å². The molecule has 2 heterocycles. The van der Waals surface area contributed by atoms with Gasteiger partial charge in [-0.1, -0.05) is 12.1 Å². The van der Waals surface area contributed by atoms with Gasteiger partial charge >= 0.3 is 6.03 Å². The highest BCUT2D eigenvalue weighted by molar-refractivity contribution is 5.89. The summed E-state index contributed by atoms with van der Waals surface area (Å²) in [7, 11) is 1.57. The standard InChI is InChI=1S/C20H21FN4O3/c1-27-14-8-6-13(7-9-14)22-20(26)25-10-15(21)18(11-25)28-12-19-23-16-4-2-3-5-17(16)24-19/h2-9,15,18H,10-12H2,1H3,(H,22,26)(H,23,24). The third kappa shape index (κ3) is 3.91. The van der Waals surface area contributed by atoms with Crippen molar-refractivity contribution < 1.29 is 18.7 Å². The molecule has 0 spiro atoms. The van der Waals surface area contributed by atoms with Crippen LogP contribution in [0, 0.1) is 0 Å². The first-order valence-corrected chi connectivity index (χ1v) is 9.01. The van der Waals surface area contributed by atoms with Gasteiger partial charge in [0, 0.05) is 5.69 Å². The summed E-state index contributed by atoms with van der Waals surface area (Å²) in [6, 6.07) is 14.2. The Hall–Kier alpha value is -3.13. The van der Waals surface area contributed by atoms with Crippen molar-refractivity contribution in [3.05, 3.63) is 54.4 Å². The molecule has 2 N–H and O–H groups in total. The molecule has 1 aromatic heterocycles. The minimum absolute atomic E-state index is 0.00716. The number of para-hydroxylation sites is 2. The summed E-state index contributed by atoms with van der Waals surface area (Å²) in [5.41, 5.74) is 2.36. The second-order valence-corrected chi connectivity index (χ2v) is 6.63. The van der Waals surface area contributed by atoms with Crippen molar-refractivity contribution in [2.24, 2.45) is 0 Å². The molecule has 2 unspecified atom stereocenters. The largest absolute Gasteiger partial charge is 0.497 e. The van der Waals surface area contributed by atoms with Crippen LogP contribution in [0.5, 0.6) is 5.75 Å². The van der Waals surface area contributed by atoms with Gasteiger partial charge in [0.25, 0.3) is 0 Å². The Morgan fingerprint density at radius 1 is 1.25 bits per heavy atom. The Kier molecular flexibility index (Phi) is 5.12. The number of carbonyl (C=O) groups is 1. The molecule has 146 valence electrons. The molecule has 1 fully saturated rings. The van der Waals surface area contributed by atoms with Gasteiger partial charge in [-0.15, -0.1) is 0 Å². The number of hydrogen-bond donors (Lipinski definition) is 2. The fourth-order valence-electron chi connectivity index (χ4n) is 3.19. The number of likely N-dealkylation sites (tertiary alicyclic amines) is 1. The van der Waals surface area contributed by atoms with E-state index in [1.165, 1.54) is 4.90 Å². The van der Waals surface area contributed by atoms with E-state index < -0.39 is 12.3 Å². The molecular formula is C20H21FN4O3. The van der Waals surface area contributed by atoms with E-state index in [-0.39, 0.29) is 25.7 Å². The zero-order valence-electron chi connectivity index (χ0n) is 15.4. The van der Waals surface area contributed by atoms with Crippen LogP contribution in [0.15, 0.2) is 48.5 Å². The number of nitrogens with one attached hydrogen (secondary N) is 2. The van der Waals surface area contributed by atoms with E-state index >= 15 is 0 Å². The van der Waals surface area contributed by atoms with Gasteiger partial charge in [0.2, 0.25) is 0 Å². The van der Waals surface area contributed by atoms with Gasteiger partial charge in [-0.3, -0.25) is 0 Å². The number of rotatable bonds is 5. The van der Waals surface area contributed by atoms with Gasteiger partial charge in [-0.2, -0.15) is 0 Å². The number of nitrogens with zero attached hydrogens (tertiary/aromatic N) is 2. The number of benzene rings is 2. The molecule has 2 amide bonds. The smallest absolute Gasteiger partial charge is 0.322 e.